The average Bonchev–Trinajstić information content (AvgIpc) is 3.05. The van der Waals surface area contributed by atoms with E-state index in [2.05, 4.69) is 4.99 Å². The molecule has 1 fully saturated rings. The highest BCUT2D eigenvalue weighted by molar-refractivity contribution is 8.18. The van der Waals surface area contributed by atoms with Crippen LogP contribution in [-0.4, -0.2) is 55.7 Å². The first-order chi connectivity index (χ1) is 15.3. The molecule has 2 amide bonds. The molecule has 2 aromatic rings. The number of nitrogens with two attached hydrogens (primary N) is 1. The van der Waals surface area contributed by atoms with Crippen molar-refractivity contribution in [1.29, 1.82) is 0 Å². The third kappa shape index (κ3) is 5.27. The van der Waals surface area contributed by atoms with Gasteiger partial charge in [0.15, 0.2) is 23.3 Å². The summed E-state index contributed by atoms with van der Waals surface area (Å²) in [6.07, 6.45) is 1.71. The number of aliphatic imine (C=N–C) groups is 1. The van der Waals surface area contributed by atoms with Gasteiger partial charge in [-0.2, -0.15) is 0 Å². The number of primary amides is 1. The number of methoxy groups -OCH3 is 2. The fourth-order valence-electron chi connectivity index (χ4n) is 2.78. The van der Waals surface area contributed by atoms with Gasteiger partial charge in [-0.25, -0.2) is 9.79 Å². The van der Waals surface area contributed by atoms with Crippen LogP contribution in [0.5, 0.6) is 11.5 Å². The van der Waals surface area contributed by atoms with Crippen LogP contribution < -0.4 is 15.2 Å². The molecule has 9 nitrogen and oxygen atoms in total. The van der Waals surface area contributed by atoms with Gasteiger partial charge in [0.1, 0.15) is 0 Å². The second kappa shape index (κ2) is 10.0. The van der Waals surface area contributed by atoms with Crippen molar-refractivity contribution in [2.24, 2.45) is 10.7 Å². The van der Waals surface area contributed by atoms with Gasteiger partial charge in [0, 0.05) is 7.05 Å². The van der Waals surface area contributed by atoms with Crippen LogP contribution >= 0.6 is 11.8 Å². The zero-order valence-corrected chi connectivity index (χ0v) is 18.5. The van der Waals surface area contributed by atoms with Crippen molar-refractivity contribution in [3.05, 3.63) is 58.5 Å². The average molecular weight is 455 g/mol. The van der Waals surface area contributed by atoms with E-state index in [4.69, 9.17) is 19.9 Å². The Kier molecular flexibility index (Phi) is 7.16. The molecule has 2 aromatic carbocycles. The molecule has 0 saturated carbocycles. The Morgan fingerprint density at radius 1 is 1.16 bits per heavy atom. The van der Waals surface area contributed by atoms with Crippen molar-refractivity contribution in [1.82, 2.24) is 4.90 Å². The van der Waals surface area contributed by atoms with E-state index < -0.39 is 11.9 Å². The molecule has 10 heteroatoms. The molecule has 166 valence electrons. The zero-order chi connectivity index (χ0) is 23.3. The second-order valence-electron chi connectivity index (χ2n) is 6.58. The van der Waals surface area contributed by atoms with Crippen molar-refractivity contribution in [3.63, 3.8) is 0 Å². The number of benzene rings is 2. The summed E-state index contributed by atoms with van der Waals surface area (Å²) in [4.78, 5) is 41.8. The summed E-state index contributed by atoms with van der Waals surface area (Å²) in [7, 11) is 4.41. The molecule has 3 rings (SSSR count). The van der Waals surface area contributed by atoms with Gasteiger partial charge >= 0.3 is 5.97 Å². The normalized spacial score (nSPS) is 15.8. The lowest BCUT2D eigenvalue weighted by molar-refractivity contribution is -0.121. The minimum atomic E-state index is -0.599. The highest BCUT2D eigenvalue weighted by Crippen LogP contribution is 2.35. The highest BCUT2D eigenvalue weighted by atomic mass is 32.2. The molecule has 1 saturated heterocycles. The first kappa shape index (κ1) is 22.9. The summed E-state index contributed by atoms with van der Waals surface area (Å²) in [6, 6.07) is 11.7. The summed E-state index contributed by atoms with van der Waals surface area (Å²) in [5, 5.41) is 0.469. The van der Waals surface area contributed by atoms with Gasteiger partial charge in [-0.05, 0) is 53.7 Å². The standard InChI is InChI=1S/C22H21N3O6S/c1-25-20(27)18(10-13-7-8-16(17(9-13)29-2)31-12-19(23)26)32-22(25)24-15-6-4-5-14(11-15)21(28)30-3/h4-11H,12H2,1-3H3,(H2,23,26). The van der Waals surface area contributed by atoms with Gasteiger partial charge in [-0.15, -0.1) is 0 Å². The number of rotatable bonds is 7. The van der Waals surface area contributed by atoms with Crippen molar-refractivity contribution in [3.8, 4) is 11.5 Å². The first-order valence-electron chi connectivity index (χ1n) is 9.36. The molecule has 2 N–H and O–H groups in total. The van der Waals surface area contributed by atoms with Crippen molar-refractivity contribution in [2.75, 3.05) is 27.9 Å². The number of thioether (sulfide) groups is 1. The Morgan fingerprint density at radius 2 is 1.94 bits per heavy atom. The summed E-state index contributed by atoms with van der Waals surface area (Å²) >= 11 is 1.21. The molecule has 0 spiro atoms. The Hall–Kier alpha value is -3.79. The predicted octanol–water partition coefficient (Wildman–Crippen LogP) is 2.58. The predicted molar refractivity (Wildman–Crippen MR) is 121 cm³/mol. The van der Waals surface area contributed by atoms with Crippen molar-refractivity contribution >= 4 is 46.5 Å². The number of esters is 1. The molecular weight excluding hydrogens is 434 g/mol. The van der Waals surface area contributed by atoms with E-state index in [1.54, 1.807) is 55.6 Å². The molecule has 0 aromatic heterocycles. The van der Waals surface area contributed by atoms with E-state index in [1.807, 2.05) is 0 Å². The fraction of sp³-hybridized carbons (Fsp3) is 0.182. The lowest BCUT2D eigenvalue weighted by atomic mass is 10.2. The van der Waals surface area contributed by atoms with Crippen LogP contribution in [0.2, 0.25) is 0 Å². The largest absolute Gasteiger partial charge is 0.493 e. The molecule has 1 heterocycles. The van der Waals surface area contributed by atoms with Gasteiger partial charge in [-0.1, -0.05) is 12.1 Å². The number of nitrogens with zero attached hydrogens (tertiary/aromatic N) is 2. The zero-order valence-electron chi connectivity index (χ0n) is 17.7. The first-order valence-corrected chi connectivity index (χ1v) is 10.2. The van der Waals surface area contributed by atoms with E-state index in [9.17, 15) is 14.4 Å². The number of hydrogen-bond acceptors (Lipinski definition) is 8. The van der Waals surface area contributed by atoms with Gasteiger partial charge in [0.05, 0.1) is 30.4 Å². The number of hydrogen-bond donors (Lipinski definition) is 1. The number of ether oxygens (including phenoxy) is 3. The minimum Gasteiger partial charge on any atom is -0.493 e. The SMILES string of the molecule is COC(=O)c1cccc(N=C2SC(=Cc3ccc(OCC(N)=O)c(OC)c3)C(=O)N2C)c1. The monoisotopic (exact) mass is 455 g/mol. The summed E-state index contributed by atoms with van der Waals surface area (Å²) in [5.74, 6) is -0.515. The number of carbonyl (C=O) groups is 3. The topological polar surface area (TPSA) is 121 Å². The Bertz CT molecular complexity index is 1130. The number of amides is 2. The second-order valence-corrected chi connectivity index (χ2v) is 7.59. The Labute approximate surface area is 188 Å². The minimum absolute atomic E-state index is 0.217. The molecule has 0 aliphatic carbocycles. The molecule has 1 aliphatic rings. The maximum absolute atomic E-state index is 12.7. The lowest BCUT2D eigenvalue weighted by Crippen LogP contribution is -2.23. The van der Waals surface area contributed by atoms with E-state index >= 15 is 0 Å². The summed E-state index contributed by atoms with van der Waals surface area (Å²) in [5.41, 5.74) is 6.69. The van der Waals surface area contributed by atoms with Crippen LogP contribution in [0.4, 0.5) is 5.69 Å². The van der Waals surface area contributed by atoms with Crippen molar-refractivity contribution in [2.45, 2.75) is 0 Å². The maximum Gasteiger partial charge on any atom is 0.337 e. The van der Waals surface area contributed by atoms with Crippen LogP contribution in [0.25, 0.3) is 6.08 Å². The van der Waals surface area contributed by atoms with Gasteiger partial charge in [0.25, 0.3) is 11.8 Å². The quantitative estimate of drug-likeness (QED) is 0.503. The van der Waals surface area contributed by atoms with E-state index in [1.165, 1.54) is 30.9 Å². The van der Waals surface area contributed by atoms with Crippen LogP contribution in [0.1, 0.15) is 15.9 Å². The maximum atomic E-state index is 12.7. The molecule has 0 bridgehead atoms. The van der Waals surface area contributed by atoms with E-state index in [0.717, 1.165) is 0 Å². The van der Waals surface area contributed by atoms with Crippen LogP contribution in [0, 0.1) is 0 Å². The third-order valence-corrected chi connectivity index (χ3v) is 5.41. The highest BCUT2D eigenvalue weighted by Gasteiger charge is 2.30. The molecule has 0 radical (unpaired) electrons. The molecule has 32 heavy (non-hydrogen) atoms. The summed E-state index contributed by atoms with van der Waals surface area (Å²) in [6.45, 7) is -0.271. The number of carbonyl (C=O) groups excluding carboxylic acids is 3. The van der Waals surface area contributed by atoms with E-state index in [-0.39, 0.29) is 12.5 Å². The smallest absolute Gasteiger partial charge is 0.337 e. The third-order valence-electron chi connectivity index (χ3n) is 4.35. The number of likely N-dealkylation sites (N-methyl/N-ethyl adjacent to an activating group) is 1. The Morgan fingerprint density at radius 3 is 2.62 bits per heavy atom. The van der Waals surface area contributed by atoms with Crippen molar-refractivity contribution < 1.29 is 28.6 Å². The van der Waals surface area contributed by atoms with Crippen LogP contribution in [0.3, 0.4) is 0 Å². The fourth-order valence-corrected chi connectivity index (χ4v) is 3.76. The van der Waals surface area contributed by atoms with Gasteiger partial charge in [0.2, 0.25) is 0 Å². The lowest BCUT2D eigenvalue weighted by Gasteiger charge is -2.10. The Balaban J connectivity index is 1.85. The van der Waals surface area contributed by atoms with E-state index in [0.29, 0.717) is 38.4 Å². The molecule has 0 unspecified atom stereocenters. The van der Waals surface area contributed by atoms with Crippen LogP contribution in [-0.2, 0) is 14.3 Å². The van der Waals surface area contributed by atoms with Crippen LogP contribution in [0.15, 0.2) is 52.4 Å². The molecule has 1 aliphatic heterocycles. The molecule has 0 atom stereocenters. The van der Waals surface area contributed by atoms with Gasteiger partial charge < -0.3 is 19.9 Å². The number of amidine groups is 1. The summed E-state index contributed by atoms with van der Waals surface area (Å²) < 4.78 is 15.3. The molecular formula is C22H21N3O6S. The van der Waals surface area contributed by atoms with Gasteiger partial charge in [-0.3, -0.25) is 14.5 Å².